The first-order chi connectivity index (χ1) is 4.88. The van der Waals surface area contributed by atoms with Gasteiger partial charge in [0, 0.05) is 5.56 Å². The predicted molar refractivity (Wildman–Crippen MR) is 50.5 cm³/mol. The third kappa shape index (κ3) is 2.89. The Bertz CT molecular complexity index is 200. The second kappa shape index (κ2) is 5.69. The van der Waals surface area contributed by atoms with Crippen molar-refractivity contribution in [3.8, 4) is 5.75 Å². The van der Waals surface area contributed by atoms with E-state index in [1.165, 1.54) is 0 Å². The van der Waals surface area contributed by atoms with E-state index in [0.29, 0.717) is 5.88 Å². The Morgan fingerprint density at radius 2 is 2.09 bits per heavy atom. The molecule has 0 N–H and O–H groups in total. The van der Waals surface area contributed by atoms with E-state index in [4.69, 9.17) is 16.3 Å². The van der Waals surface area contributed by atoms with E-state index in [1.54, 1.807) is 7.11 Å². The molecule has 0 heterocycles. The number of hydrogen-bond donors (Lipinski definition) is 0. The van der Waals surface area contributed by atoms with Crippen LogP contribution in [0.15, 0.2) is 24.3 Å². The molecule has 0 bridgehead atoms. The molecule has 11 heavy (non-hydrogen) atoms. The van der Waals surface area contributed by atoms with Crippen molar-refractivity contribution in [3.63, 3.8) is 0 Å². The average molecular weight is 183 g/mol. The molecule has 3 heteroatoms. The predicted octanol–water partition coefficient (Wildman–Crippen LogP) is 2.28. The van der Waals surface area contributed by atoms with E-state index >= 15 is 0 Å². The summed E-state index contributed by atoms with van der Waals surface area (Å²) in [5, 5.41) is 0. The molecule has 1 nitrogen and oxygen atoms in total. The SMILES string of the molecule is COc1ccccc1CCl.[H-].[H-].[Mg+2]. The third-order valence-electron chi connectivity index (χ3n) is 1.34. The first kappa shape index (κ1) is 11.1. The first-order valence-corrected chi connectivity index (χ1v) is 3.60. The Balaban J connectivity index is -0.000000333. The van der Waals surface area contributed by atoms with Gasteiger partial charge in [-0.25, -0.2) is 0 Å². The molecule has 1 aromatic rings. The summed E-state index contributed by atoms with van der Waals surface area (Å²) < 4.78 is 5.05. The van der Waals surface area contributed by atoms with Gasteiger partial charge in [-0.15, -0.1) is 11.6 Å². The zero-order valence-electron chi connectivity index (χ0n) is 8.51. The van der Waals surface area contributed by atoms with Crippen molar-refractivity contribution in [2.24, 2.45) is 0 Å². The second-order valence-electron chi connectivity index (χ2n) is 1.95. The number of hydrogen-bond acceptors (Lipinski definition) is 1. The van der Waals surface area contributed by atoms with Gasteiger partial charge in [-0.2, -0.15) is 0 Å². The fourth-order valence-corrected chi connectivity index (χ4v) is 1.03. The second-order valence-corrected chi connectivity index (χ2v) is 2.21. The standard InChI is InChI=1S/C8H9ClO.Mg.2H/c1-10-8-5-3-2-4-7(8)6-9;;;/h2-5H,6H2,1H3;;;/q;+2;2*-1. The molecule has 0 spiro atoms. The van der Waals surface area contributed by atoms with Gasteiger partial charge in [0.2, 0.25) is 0 Å². The van der Waals surface area contributed by atoms with E-state index in [-0.39, 0.29) is 25.9 Å². The van der Waals surface area contributed by atoms with E-state index in [2.05, 4.69) is 0 Å². The topological polar surface area (TPSA) is 9.23 Å². The Labute approximate surface area is 90.8 Å². The smallest absolute Gasteiger partial charge is 1.00 e. The van der Waals surface area contributed by atoms with E-state index in [0.717, 1.165) is 11.3 Å². The molecule has 0 aliphatic carbocycles. The number of ether oxygens (including phenoxy) is 1. The molecule has 0 saturated carbocycles. The number of benzene rings is 1. The molecule has 0 amide bonds. The summed E-state index contributed by atoms with van der Waals surface area (Å²) in [7, 11) is 1.64. The Kier molecular flexibility index (Phi) is 5.73. The Morgan fingerprint density at radius 1 is 1.45 bits per heavy atom. The molecule has 0 unspecified atom stereocenters. The van der Waals surface area contributed by atoms with Gasteiger partial charge in [0.1, 0.15) is 5.75 Å². The van der Waals surface area contributed by atoms with Gasteiger partial charge in [-0.1, -0.05) is 18.2 Å². The number of alkyl halides is 1. The van der Waals surface area contributed by atoms with Crippen molar-refractivity contribution in [2.75, 3.05) is 7.11 Å². The summed E-state index contributed by atoms with van der Waals surface area (Å²) in [5.41, 5.74) is 1.03. The molecule has 58 valence electrons. The zero-order chi connectivity index (χ0) is 7.40. The third-order valence-corrected chi connectivity index (χ3v) is 1.62. The maximum Gasteiger partial charge on any atom is 2.00 e. The number of rotatable bonds is 2. The van der Waals surface area contributed by atoms with E-state index < -0.39 is 0 Å². The zero-order valence-corrected chi connectivity index (χ0v) is 8.68. The number of halogens is 1. The molecule has 0 aliphatic heterocycles. The number of methoxy groups -OCH3 is 1. The minimum Gasteiger partial charge on any atom is -1.00 e. The summed E-state index contributed by atoms with van der Waals surface area (Å²) in [5.74, 6) is 1.36. The molecule has 0 aliphatic rings. The normalized spacial score (nSPS) is 8.55. The van der Waals surface area contributed by atoms with Crippen LogP contribution in [0.5, 0.6) is 5.75 Å². The molecule has 0 fully saturated rings. The quantitative estimate of drug-likeness (QED) is 0.504. The minimum atomic E-state index is 0. The van der Waals surface area contributed by atoms with Gasteiger partial charge in [0.15, 0.2) is 0 Å². The largest absolute Gasteiger partial charge is 2.00 e. The van der Waals surface area contributed by atoms with Gasteiger partial charge in [-0.3, -0.25) is 0 Å². The van der Waals surface area contributed by atoms with Crippen LogP contribution in [-0.2, 0) is 5.88 Å². The van der Waals surface area contributed by atoms with Crippen LogP contribution < -0.4 is 4.74 Å². The summed E-state index contributed by atoms with van der Waals surface area (Å²) in [6.07, 6.45) is 0. The van der Waals surface area contributed by atoms with Crippen molar-refractivity contribution in [1.82, 2.24) is 0 Å². The summed E-state index contributed by atoms with van der Waals surface area (Å²) >= 11 is 5.63. The van der Waals surface area contributed by atoms with Crippen molar-refractivity contribution in [1.29, 1.82) is 0 Å². The first-order valence-electron chi connectivity index (χ1n) is 3.06. The van der Waals surface area contributed by atoms with Gasteiger partial charge < -0.3 is 7.59 Å². The van der Waals surface area contributed by atoms with Crippen LogP contribution in [0.1, 0.15) is 8.42 Å². The molecule has 1 aromatic carbocycles. The van der Waals surface area contributed by atoms with Crippen molar-refractivity contribution >= 4 is 34.7 Å². The maximum absolute atomic E-state index is 5.63. The van der Waals surface area contributed by atoms with Crippen LogP contribution in [0.3, 0.4) is 0 Å². The summed E-state index contributed by atoms with van der Waals surface area (Å²) in [4.78, 5) is 0. The molecule has 0 radical (unpaired) electrons. The van der Waals surface area contributed by atoms with E-state index in [1.807, 2.05) is 24.3 Å². The average Bonchev–Trinajstić information content (AvgIpc) is 2.04. The summed E-state index contributed by atoms with van der Waals surface area (Å²) in [6.45, 7) is 0. The van der Waals surface area contributed by atoms with Gasteiger partial charge >= 0.3 is 23.1 Å². The van der Waals surface area contributed by atoms with Gasteiger partial charge in [-0.05, 0) is 6.07 Å². The monoisotopic (exact) mass is 182 g/mol. The van der Waals surface area contributed by atoms with Crippen LogP contribution in [0, 0.1) is 0 Å². The van der Waals surface area contributed by atoms with Gasteiger partial charge in [0.05, 0.1) is 13.0 Å². The number of para-hydroxylation sites is 1. The molecule has 0 aromatic heterocycles. The van der Waals surface area contributed by atoms with Crippen LogP contribution in [-0.4, -0.2) is 30.2 Å². The van der Waals surface area contributed by atoms with Crippen molar-refractivity contribution < 1.29 is 7.59 Å². The van der Waals surface area contributed by atoms with Crippen molar-refractivity contribution in [2.45, 2.75) is 5.88 Å². The van der Waals surface area contributed by atoms with Crippen LogP contribution in [0.2, 0.25) is 0 Å². The maximum atomic E-state index is 5.63. The molecule has 0 saturated heterocycles. The minimum absolute atomic E-state index is 0. The summed E-state index contributed by atoms with van der Waals surface area (Å²) in [6, 6.07) is 7.72. The fourth-order valence-electron chi connectivity index (χ4n) is 0.813. The molecule has 1 rings (SSSR count). The van der Waals surface area contributed by atoms with Crippen LogP contribution in [0.25, 0.3) is 0 Å². The molecular weight excluding hydrogens is 172 g/mol. The van der Waals surface area contributed by atoms with Crippen LogP contribution in [0.4, 0.5) is 0 Å². The van der Waals surface area contributed by atoms with E-state index in [9.17, 15) is 0 Å². The Morgan fingerprint density at radius 3 is 2.55 bits per heavy atom. The fraction of sp³-hybridized carbons (Fsp3) is 0.250. The van der Waals surface area contributed by atoms with Crippen molar-refractivity contribution in [3.05, 3.63) is 29.8 Å². The molecular formula is C8H11ClMgO. The van der Waals surface area contributed by atoms with Gasteiger partial charge in [0.25, 0.3) is 0 Å². The molecule has 0 atom stereocenters. The van der Waals surface area contributed by atoms with Crippen LogP contribution >= 0.6 is 11.6 Å². The Hall–Kier alpha value is 0.0762.